The molecule has 11 heteroatoms. The average Bonchev–Trinajstić information content (AvgIpc) is 2.87. The Morgan fingerprint density at radius 1 is 1.22 bits per heavy atom. The Bertz CT molecular complexity index is 1390. The van der Waals surface area contributed by atoms with Gasteiger partial charge in [0.1, 0.15) is 18.1 Å². The number of hydrogen-bond acceptors (Lipinski definition) is 8. The van der Waals surface area contributed by atoms with Crippen LogP contribution in [0.2, 0.25) is 0 Å². The number of hydrogen-bond donors (Lipinski definition) is 3. The molecular weight excluding hydrogens is 479 g/mol. The largest absolute Gasteiger partial charge is 0.474 e. The van der Waals surface area contributed by atoms with E-state index in [-0.39, 0.29) is 29.4 Å². The van der Waals surface area contributed by atoms with Crippen LogP contribution in [-0.2, 0) is 4.74 Å². The molecular formula is C26H29FN6O4. The molecule has 2 unspecified atom stereocenters. The van der Waals surface area contributed by atoms with E-state index in [0.717, 1.165) is 11.3 Å². The summed E-state index contributed by atoms with van der Waals surface area (Å²) in [7, 11) is 2.06. The highest BCUT2D eigenvalue weighted by Crippen LogP contribution is 2.40. The molecule has 10 nitrogen and oxygen atoms in total. The molecule has 0 radical (unpaired) electrons. The van der Waals surface area contributed by atoms with Crippen LogP contribution in [-0.4, -0.2) is 77.6 Å². The summed E-state index contributed by atoms with van der Waals surface area (Å²) >= 11 is 0. The molecule has 0 saturated carbocycles. The van der Waals surface area contributed by atoms with Gasteiger partial charge in [0.05, 0.1) is 18.9 Å². The first-order valence-corrected chi connectivity index (χ1v) is 12.4. The van der Waals surface area contributed by atoms with Gasteiger partial charge in [0.2, 0.25) is 5.88 Å². The number of nitrogens with two attached hydrogens (primary N) is 1. The fourth-order valence-electron chi connectivity index (χ4n) is 5.82. The minimum atomic E-state index is -1.07. The topological polar surface area (TPSA) is 126 Å². The normalized spacial score (nSPS) is 23.2. The zero-order valence-corrected chi connectivity index (χ0v) is 20.7. The molecule has 2 bridgehead atoms. The number of nitrogens with zero attached hydrogens (tertiary/aromatic N) is 4. The number of nitrogen functional groups attached to an aromatic ring is 1. The number of likely N-dealkylation sites (N-methyl/N-ethyl adjacent to an activating group) is 1. The molecule has 3 aromatic rings. The maximum Gasteiger partial charge on any atom is 0.413 e. The summed E-state index contributed by atoms with van der Waals surface area (Å²) < 4.78 is 26.8. The van der Waals surface area contributed by atoms with Crippen molar-refractivity contribution in [3.05, 3.63) is 35.9 Å². The summed E-state index contributed by atoms with van der Waals surface area (Å²) in [5.41, 5.74) is 8.58. The van der Waals surface area contributed by atoms with Crippen molar-refractivity contribution >= 4 is 34.1 Å². The zero-order chi connectivity index (χ0) is 25.8. The molecule has 2 saturated heterocycles. The number of ether oxygens (including phenoxy) is 2. The Labute approximate surface area is 213 Å². The molecule has 0 aliphatic carbocycles. The van der Waals surface area contributed by atoms with E-state index in [1.165, 1.54) is 11.1 Å². The number of fused-ring (bicyclic) bond motifs is 4. The molecule has 6 rings (SSSR count). The van der Waals surface area contributed by atoms with Gasteiger partial charge in [-0.2, -0.15) is 0 Å². The molecule has 1 amide bonds. The van der Waals surface area contributed by atoms with E-state index in [1.54, 1.807) is 18.3 Å². The average molecular weight is 509 g/mol. The third-order valence-corrected chi connectivity index (χ3v) is 7.90. The van der Waals surface area contributed by atoms with Crippen molar-refractivity contribution < 1.29 is 23.8 Å². The van der Waals surface area contributed by atoms with Crippen molar-refractivity contribution in [3.8, 4) is 17.0 Å². The van der Waals surface area contributed by atoms with Crippen molar-refractivity contribution in [1.29, 1.82) is 0 Å². The molecule has 3 aliphatic heterocycles. The second-order valence-corrected chi connectivity index (χ2v) is 9.96. The van der Waals surface area contributed by atoms with Gasteiger partial charge < -0.3 is 25.6 Å². The predicted molar refractivity (Wildman–Crippen MR) is 138 cm³/mol. The molecule has 2 atom stereocenters. The molecule has 0 spiro atoms. The fraction of sp³-hybridized carbons (Fsp3) is 0.423. The number of halogens is 1. The number of amides is 1. The van der Waals surface area contributed by atoms with Crippen LogP contribution in [0.1, 0.15) is 18.4 Å². The first-order chi connectivity index (χ1) is 17.8. The lowest BCUT2D eigenvalue weighted by Crippen LogP contribution is -2.60. The number of pyridine rings is 2. The SMILES string of the molecule is Cc1c(-c2cc3cc(N(C(=O)O)C4CC5COCC(C4)N5C)ncc3c(N)c2F)cnc2c1NCCO2. The van der Waals surface area contributed by atoms with E-state index in [0.29, 0.717) is 67.2 Å². The van der Waals surface area contributed by atoms with E-state index < -0.39 is 11.9 Å². The number of carbonyl (C=O) groups is 1. The molecule has 194 valence electrons. The van der Waals surface area contributed by atoms with Crippen molar-refractivity contribution in [3.63, 3.8) is 0 Å². The summed E-state index contributed by atoms with van der Waals surface area (Å²) in [6.07, 6.45) is 3.25. The van der Waals surface area contributed by atoms with Gasteiger partial charge in [-0.15, -0.1) is 0 Å². The molecule has 1 aromatic carbocycles. The van der Waals surface area contributed by atoms with Crippen LogP contribution in [0.5, 0.6) is 5.88 Å². The number of piperidine rings is 1. The number of morpholine rings is 1. The first-order valence-electron chi connectivity index (χ1n) is 12.4. The van der Waals surface area contributed by atoms with Crippen LogP contribution in [0.4, 0.5) is 26.4 Å². The highest BCUT2D eigenvalue weighted by molar-refractivity contribution is 5.99. The Balaban J connectivity index is 1.42. The second-order valence-electron chi connectivity index (χ2n) is 9.96. The highest BCUT2D eigenvalue weighted by Gasteiger charge is 2.41. The maximum atomic E-state index is 15.5. The van der Waals surface area contributed by atoms with Crippen molar-refractivity contribution in [2.45, 2.75) is 37.9 Å². The van der Waals surface area contributed by atoms with Gasteiger partial charge >= 0.3 is 6.09 Å². The van der Waals surface area contributed by atoms with Crippen LogP contribution in [0.3, 0.4) is 0 Å². The molecule has 2 aromatic heterocycles. The zero-order valence-electron chi connectivity index (χ0n) is 20.7. The van der Waals surface area contributed by atoms with E-state index >= 15 is 4.39 Å². The first kappa shape index (κ1) is 23.7. The van der Waals surface area contributed by atoms with Gasteiger partial charge in [0.15, 0.2) is 5.82 Å². The van der Waals surface area contributed by atoms with E-state index in [2.05, 4.69) is 27.2 Å². The minimum absolute atomic E-state index is 0.0410. The third-order valence-electron chi connectivity index (χ3n) is 7.90. The molecule has 5 heterocycles. The van der Waals surface area contributed by atoms with Crippen LogP contribution >= 0.6 is 0 Å². The Morgan fingerprint density at radius 3 is 2.70 bits per heavy atom. The number of aromatic nitrogens is 2. The molecule has 37 heavy (non-hydrogen) atoms. The Morgan fingerprint density at radius 2 is 1.97 bits per heavy atom. The fourth-order valence-corrected chi connectivity index (χ4v) is 5.82. The number of anilines is 3. The lowest BCUT2D eigenvalue weighted by Gasteiger charge is -2.48. The van der Waals surface area contributed by atoms with E-state index in [9.17, 15) is 9.90 Å². The predicted octanol–water partition coefficient (Wildman–Crippen LogP) is 3.48. The molecule has 4 N–H and O–H groups in total. The lowest BCUT2D eigenvalue weighted by molar-refractivity contribution is -0.0647. The minimum Gasteiger partial charge on any atom is -0.474 e. The standard InChI is InChI=1S/C26H29FN6O4/c1-13-19(9-31-25-24(13)29-3-4-37-25)18-5-14-6-21(30-10-20(14)23(28)22(18)27)33(26(34)35)15-7-16-11-36-12-17(8-15)32(16)2/h5-6,9-10,15-17,29H,3-4,7-8,11-12,28H2,1-2H3,(H,34,35). The second kappa shape index (κ2) is 9.00. The van der Waals surface area contributed by atoms with Crippen molar-refractivity contribution in [1.82, 2.24) is 14.9 Å². The van der Waals surface area contributed by atoms with Gasteiger partial charge in [-0.3, -0.25) is 9.80 Å². The van der Waals surface area contributed by atoms with Gasteiger partial charge in [0, 0.05) is 53.6 Å². The van der Waals surface area contributed by atoms with Gasteiger partial charge in [-0.25, -0.2) is 19.2 Å². The monoisotopic (exact) mass is 508 g/mol. The van der Waals surface area contributed by atoms with Gasteiger partial charge in [-0.1, -0.05) is 0 Å². The van der Waals surface area contributed by atoms with Crippen molar-refractivity contribution in [2.75, 3.05) is 49.4 Å². The molecule has 3 aliphatic rings. The number of carboxylic acid groups (broad SMARTS) is 1. The van der Waals surface area contributed by atoms with Gasteiger partial charge in [-0.05, 0) is 49.9 Å². The highest BCUT2D eigenvalue weighted by atomic mass is 19.1. The number of benzene rings is 1. The third kappa shape index (κ3) is 3.89. The maximum absolute atomic E-state index is 15.5. The lowest BCUT2D eigenvalue weighted by atomic mass is 9.89. The number of nitrogens with one attached hydrogen (secondary N) is 1. The van der Waals surface area contributed by atoms with E-state index in [4.69, 9.17) is 15.2 Å². The number of rotatable bonds is 3. The quantitative estimate of drug-likeness (QED) is 0.456. The van der Waals surface area contributed by atoms with Crippen molar-refractivity contribution in [2.24, 2.45) is 0 Å². The van der Waals surface area contributed by atoms with Gasteiger partial charge in [0.25, 0.3) is 0 Å². The Kier molecular flexibility index (Phi) is 5.76. The van der Waals surface area contributed by atoms with E-state index in [1.807, 2.05) is 6.92 Å². The summed E-state index contributed by atoms with van der Waals surface area (Å²) in [4.78, 5) is 24.8. The smallest absolute Gasteiger partial charge is 0.413 e. The van der Waals surface area contributed by atoms with Crippen LogP contribution < -0.4 is 20.7 Å². The van der Waals surface area contributed by atoms with Crippen LogP contribution in [0.25, 0.3) is 21.9 Å². The summed E-state index contributed by atoms with van der Waals surface area (Å²) in [5.74, 6) is 0.210. The van der Waals surface area contributed by atoms with Crippen LogP contribution in [0.15, 0.2) is 24.5 Å². The summed E-state index contributed by atoms with van der Waals surface area (Å²) in [5, 5.41) is 14.5. The summed E-state index contributed by atoms with van der Waals surface area (Å²) in [6, 6.07) is 3.41. The molecule has 2 fully saturated rings. The summed E-state index contributed by atoms with van der Waals surface area (Å²) in [6.45, 7) is 4.18. The van der Waals surface area contributed by atoms with Crippen LogP contribution in [0, 0.1) is 12.7 Å². The Hall–Kier alpha value is -3.70.